The smallest absolute Gasteiger partial charge is 0.324 e. The highest BCUT2D eigenvalue weighted by atomic mass is 32.2. The van der Waals surface area contributed by atoms with Crippen molar-refractivity contribution < 1.29 is 17.9 Å². The Balaban J connectivity index is 2.09. The lowest BCUT2D eigenvalue weighted by atomic mass is 10.00. The maximum atomic E-state index is 13.4. The number of ether oxygens (including phenoxy) is 1. The van der Waals surface area contributed by atoms with E-state index in [4.69, 9.17) is 4.74 Å². The van der Waals surface area contributed by atoms with E-state index in [2.05, 4.69) is 29.0 Å². The molecule has 0 amide bonds. The molecule has 1 aliphatic heterocycles. The first kappa shape index (κ1) is 31.3. The van der Waals surface area contributed by atoms with Gasteiger partial charge in [-0.25, -0.2) is 0 Å². The van der Waals surface area contributed by atoms with Crippen LogP contribution in [0, 0.1) is 0 Å². The summed E-state index contributed by atoms with van der Waals surface area (Å²) >= 11 is 0. The van der Waals surface area contributed by atoms with Crippen LogP contribution in [0.3, 0.4) is 0 Å². The molecule has 0 aromatic heterocycles. The van der Waals surface area contributed by atoms with E-state index in [9.17, 15) is 13.2 Å². The molecule has 37 heavy (non-hydrogen) atoms. The Bertz CT molecular complexity index is 986. The number of rotatable bonds is 15. The van der Waals surface area contributed by atoms with E-state index in [1.165, 1.54) is 15.4 Å². The van der Waals surface area contributed by atoms with Crippen molar-refractivity contribution in [2.75, 3.05) is 6.54 Å². The van der Waals surface area contributed by atoms with E-state index in [1.54, 1.807) is 0 Å². The molecule has 2 rings (SSSR count). The molecule has 1 unspecified atom stereocenters. The van der Waals surface area contributed by atoms with Gasteiger partial charge in [0.2, 0.25) is 0 Å². The Morgan fingerprint density at radius 1 is 1.16 bits per heavy atom. The predicted octanol–water partition coefficient (Wildman–Crippen LogP) is 6.49. The van der Waals surface area contributed by atoms with Crippen molar-refractivity contribution in [2.45, 2.75) is 117 Å². The van der Waals surface area contributed by atoms with Crippen LogP contribution in [-0.4, -0.2) is 42.9 Å². The number of benzene rings is 1. The highest BCUT2D eigenvalue weighted by Gasteiger charge is 2.40. The number of hydrogen-bond acceptors (Lipinski definition) is 4. The summed E-state index contributed by atoms with van der Waals surface area (Å²) in [4.78, 5) is 13.4. The SMILES string of the molecule is C/C=C\C(=C/C)CCCC(CCCc1ccccc1)OC(=O)[C@@H]1CCCCN1S(=O)(=O)NC(C)(C)CC. The van der Waals surface area contributed by atoms with E-state index >= 15 is 0 Å². The molecule has 0 spiro atoms. The van der Waals surface area contributed by atoms with Crippen molar-refractivity contribution in [3.8, 4) is 0 Å². The zero-order valence-electron chi connectivity index (χ0n) is 23.5. The molecule has 0 aliphatic carbocycles. The number of nitrogens with one attached hydrogen (secondary N) is 1. The Labute approximate surface area is 225 Å². The Morgan fingerprint density at radius 3 is 2.51 bits per heavy atom. The van der Waals surface area contributed by atoms with Crippen molar-refractivity contribution >= 4 is 16.2 Å². The second kappa shape index (κ2) is 15.5. The van der Waals surface area contributed by atoms with Crippen LogP contribution in [0.15, 0.2) is 54.1 Å². The van der Waals surface area contributed by atoms with Crippen molar-refractivity contribution in [3.05, 3.63) is 59.7 Å². The third kappa shape index (κ3) is 10.7. The van der Waals surface area contributed by atoms with Gasteiger partial charge in [-0.1, -0.05) is 61.1 Å². The van der Waals surface area contributed by atoms with Crippen molar-refractivity contribution in [3.63, 3.8) is 0 Å². The largest absolute Gasteiger partial charge is 0.461 e. The summed E-state index contributed by atoms with van der Waals surface area (Å²) in [6.45, 7) is 10.0. The molecule has 1 aliphatic rings. The Kier molecular flexibility index (Phi) is 13.1. The maximum Gasteiger partial charge on any atom is 0.324 e. The van der Waals surface area contributed by atoms with Crippen LogP contribution in [0.2, 0.25) is 0 Å². The maximum absolute atomic E-state index is 13.4. The molecular formula is C30H48N2O4S. The second-order valence-corrected chi connectivity index (χ2v) is 12.3. The van der Waals surface area contributed by atoms with Gasteiger partial charge in [-0.3, -0.25) is 4.79 Å². The van der Waals surface area contributed by atoms with E-state index < -0.39 is 27.8 Å². The third-order valence-corrected chi connectivity index (χ3v) is 9.05. The minimum Gasteiger partial charge on any atom is -0.461 e. The first-order valence-corrected chi connectivity index (χ1v) is 15.4. The summed E-state index contributed by atoms with van der Waals surface area (Å²) in [6, 6.07) is 9.55. The number of nitrogens with zero attached hydrogens (tertiary/aromatic N) is 1. The number of piperidine rings is 1. The fourth-order valence-electron chi connectivity index (χ4n) is 4.66. The van der Waals surface area contributed by atoms with Gasteiger partial charge in [-0.2, -0.15) is 17.4 Å². The summed E-state index contributed by atoms with van der Waals surface area (Å²) in [5, 5.41) is 0. The van der Waals surface area contributed by atoms with Gasteiger partial charge < -0.3 is 4.74 Å². The van der Waals surface area contributed by atoms with Crippen LogP contribution in [0.4, 0.5) is 0 Å². The van der Waals surface area contributed by atoms with Gasteiger partial charge in [0.05, 0.1) is 0 Å². The normalized spacial score (nSPS) is 18.7. The minimum atomic E-state index is -3.81. The monoisotopic (exact) mass is 532 g/mol. The molecule has 0 bridgehead atoms. The van der Waals surface area contributed by atoms with Crippen LogP contribution in [0.5, 0.6) is 0 Å². The number of carbonyl (C=O) groups is 1. The van der Waals surface area contributed by atoms with Gasteiger partial charge in [-0.05, 0) is 97.5 Å². The first-order chi connectivity index (χ1) is 17.6. The minimum absolute atomic E-state index is 0.230. The molecule has 1 aromatic rings. The Hall–Kier alpha value is -1.96. The van der Waals surface area contributed by atoms with Gasteiger partial charge >= 0.3 is 5.97 Å². The summed E-state index contributed by atoms with van der Waals surface area (Å²) in [5.74, 6) is -0.413. The molecule has 1 N–H and O–H groups in total. The number of aryl methyl sites for hydroxylation is 1. The molecule has 1 fully saturated rings. The van der Waals surface area contributed by atoms with Crippen molar-refractivity contribution in [2.24, 2.45) is 0 Å². The second-order valence-electron chi connectivity index (χ2n) is 10.7. The Morgan fingerprint density at radius 2 is 1.86 bits per heavy atom. The topological polar surface area (TPSA) is 75.7 Å². The van der Waals surface area contributed by atoms with E-state index in [1.807, 2.05) is 58.9 Å². The van der Waals surface area contributed by atoms with Gasteiger partial charge in [-0.15, -0.1) is 0 Å². The number of esters is 1. The summed E-state index contributed by atoms with van der Waals surface area (Å²) in [7, 11) is -3.81. The highest BCUT2D eigenvalue weighted by molar-refractivity contribution is 7.87. The van der Waals surface area contributed by atoms with E-state index in [0.717, 1.165) is 51.4 Å². The molecule has 6 nitrogen and oxygen atoms in total. The fraction of sp³-hybridized carbons (Fsp3) is 0.633. The molecule has 1 aromatic carbocycles. The molecular weight excluding hydrogens is 484 g/mol. The lowest BCUT2D eigenvalue weighted by Gasteiger charge is -2.36. The van der Waals surface area contributed by atoms with Gasteiger partial charge in [0, 0.05) is 12.1 Å². The lowest BCUT2D eigenvalue weighted by molar-refractivity contribution is -0.155. The average molecular weight is 533 g/mol. The van der Waals surface area contributed by atoms with Gasteiger partial charge in [0.1, 0.15) is 12.1 Å². The van der Waals surface area contributed by atoms with Crippen LogP contribution in [-0.2, 0) is 26.2 Å². The van der Waals surface area contributed by atoms with Crippen molar-refractivity contribution in [1.29, 1.82) is 0 Å². The predicted molar refractivity (Wildman–Crippen MR) is 152 cm³/mol. The zero-order valence-corrected chi connectivity index (χ0v) is 24.4. The summed E-state index contributed by atoms with van der Waals surface area (Å²) in [6.07, 6.45) is 13.9. The van der Waals surface area contributed by atoms with Gasteiger partial charge in [0.25, 0.3) is 10.2 Å². The molecule has 1 saturated heterocycles. The molecule has 7 heteroatoms. The van der Waals surface area contributed by atoms with Crippen LogP contribution >= 0.6 is 0 Å². The molecule has 0 radical (unpaired) electrons. The van der Waals surface area contributed by atoms with E-state index in [0.29, 0.717) is 19.4 Å². The van der Waals surface area contributed by atoms with E-state index in [-0.39, 0.29) is 6.10 Å². The van der Waals surface area contributed by atoms with Crippen LogP contribution in [0.1, 0.15) is 98.0 Å². The lowest BCUT2D eigenvalue weighted by Crippen LogP contribution is -2.56. The van der Waals surface area contributed by atoms with Crippen LogP contribution < -0.4 is 4.72 Å². The fourth-order valence-corrected chi connectivity index (χ4v) is 6.52. The molecule has 1 heterocycles. The number of carbonyl (C=O) groups excluding carboxylic acids is 1. The zero-order chi connectivity index (χ0) is 27.3. The van der Waals surface area contributed by atoms with Crippen LogP contribution in [0.25, 0.3) is 0 Å². The van der Waals surface area contributed by atoms with Crippen molar-refractivity contribution in [1.82, 2.24) is 9.03 Å². The summed E-state index contributed by atoms with van der Waals surface area (Å²) < 4.78 is 36.6. The average Bonchev–Trinajstić information content (AvgIpc) is 2.88. The third-order valence-electron chi connectivity index (χ3n) is 7.18. The molecule has 2 atom stereocenters. The standard InChI is InChI=1S/C30H48N2O4S/c1-6-16-25(7-2)19-14-21-27(22-15-20-26-17-10-9-11-18-26)36-29(33)28-23-12-13-24-32(28)37(34,35)31-30(4,5)8-3/h6-7,9-11,16-18,27-28,31H,8,12-15,19-24H2,1-5H3/b16-6-,25-7+/t27?,28-/m0/s1. The number of hydrogen-bond donors (Lipinski definition) is 1. The first-order valence-electron chi connectivity index (χ1n) is 13.9. The molecule has 0 saturated carbocycles. The summed E-state index contributed by atoms with van der Waals surface area (Å²) in [5.41, 5.74) is 1.96. The van der Waals surface area contributed by atoms with Gasteiger partial charge in [0.15, 0.2) is 0 Å². The molecule has 208 valence electrons. The highest BCUT2D eigenvalue weighted by Crippen LogP contribution is 2.25. The number of allylic oxidation sites excluding steroid dienone is 4. The quantitative estimate of drug-likeness (QED) is 0.207.